The fourth-order valence-corrected chi connectivity index (χ4v) is 1.43. The first-order valence-corrected chi connectivity index (χ1v) is 6.38. The maximum absolute atomic E-state index is 5.35. The molecule has 0 unspecified atom stereocenters. The third-order valence-electron chi connectivity index (χ3n) is 2.91. The zero-order chi connectivity index (χ0) is 14.3. The van der Waals surface area contributed by atoms with Crippen LogP contribution in [0.4, 0.5) is 0 Å². The van der Waals surface area contributed by atoms with Crippen LogP contribution in [0.15, 0.2) is 11.3 Å². The first-order chi connectivity index (χ1) is 9.02. The largest absolute Gasteiger partial charge is 0.377 e. The molecule has 1 aromatic heterocycles. The number of aryl methyl sites for hydroxylation is 1. The van der Waals surface area contributed by atoms with Gasteiger partial charge in [0.25, 0.3) is 0 Å². The van der Waals surface area contributed by atoms with E-state index in [4.69, 9.17) is 4.74 Å². The van der Waals surface area contributed by atoms with Gasteiger partial charge < -0.3 is 19.9 Å². The van der Waals surface area contributed by atoms with E-state index in [1.54, 1.807) is 20.5 Å². The second-order valence-corrected chi connectivity index (χ2v) is 4.78. The van der Waals surface area contributed by atoms with Gasteiger partial charge in [-0.1, -0.05) is 0 Å². The summed E-state index contributed by atoms with van der Waals surface area (Å²) in [5.74, 6) is 1.60. The third kappa shape index (κ3) is 6.04. The number of aromatic nitrogens is 3. The second kappa shape index (κ2) is 9.11. The van der Waals surface area contributed by atoms with Crippen LogP contribution in [0.3, 0.4) is 0 Å². The first-order valence-electron chi connectivity index (χ1n) is 6.38. The number of nitrogens with one attached hydrogen (secondary N) is 2. The summed E-state index contributed by atoms with van der Waals surface area (Å²) in [5.41, 5.74) is -0.235. The van der Waals surface area contributed by atoms with Gasteiger partial charge in [-0.2, -0.15) is 0 Å². The van der Waals surface area contributed by atoms with Crippen molar-refractivity contribution in [1.29, 1.82) is 0 Å². The van der Waals surface area contributed by atoms with E-state index in [-0.39, 0.29) is 29.6 Å². The molecule has 0 bridgehead atoms. The van der Waals surface area contributed by atoms with Gasteiger partial charge in [-0.25, -0.2) is 0 Å². The maximum atomic E-state index is 5.35. The van der Waals surface area contributed by atoms with Crippen molar-refractivity contribution in [2.45, 2.75) is 39.5 Å². The smallest absolute Gasteiger partial charge is 0.191 e. The lowest BCUT2D eigenvalue weighted by atomic mass is 10.1. The molecule has 7 nitrogen and oxygen atoms in total. The number of guanidine groups is 1. The number of nitrogens with zero attached hydrogens (tertiary/aromatic N) is 4. The number of ether oxygens (including phenoxy) is 1. The molecule has 0 saturated heterocycles. The Balaban J connectivity index is 0.00000361. The summed E-state index contributed by atoms with van der Waals surface area (Å²) < 4.78 is 7.33. The Hall–Kier alpha value is -0.900. The summed E-state index contributed by atoms with van der Waals surface area (Å²) >= 11 is 0. The predicted octanol–water partition coefficient (Wildman–Crippen LogP) is 1.01. The summed E-state index contributed by atoms with van der Waals surface area (Å²) in [5, 5.41) is 14.4. The summed E-state index contributed by atoms with van der Waals surface area (Å²) in [7, 11) is 3.43. The number of halogens is 1. The molecule has 20 heavy (non-hydrogen) atoms. The monoisotopic (exact) mass is 396 g/mol. The van der Waals surface area contributed by atoms with Crippen molar-refractivity contribution in [2.24, 2.45) is 4.99 Å². The Morgan fingerprint density at radius 3 is 2.70 bits per heavy atom. The molecule has 2 N–H and O–H groups in total. The third-order valence-corrected chi connectivity index (χ3v) is 2.91. The average Bonchev–Trinajstić information content (AvgIpc) is 2.86. The zero-order valence-corrected chi connectivity index (χ0v) is 15.1. The van der Waals surface area contributed by atoms with Crippen molar-refractivity contribution in [3.8, 4) is 0 Å². The highest BCUT2D eigenvalue weighted by molar-refractivity contribution is 14.0. The number of aliphatic imine (C=N–C) groups is 1. The molecule has 0 aliphatic heterocycles. The standard InChI is InChI=1S/C12H24N6O.HI/c1-6-18-9-16-17-10(18)7-14-11(13-4)15-8-12(2,3)19-5;/h9H,6-8H2,1-5H3,(H2,13,14,15);1H. The predicted molar refractivity (Wildman–Crippen MR) is 90.4 cm³/mol. The summed E-state index contributed by atoms with van der Waals surface area (Å²) in [6.07, 6.45) is 1.72. The molecule has 116 valence electrons. The molecular formula is C12H25IN6O. The van der Waals surface area contributed by atoms with Gasteiger partial charge in [0.1, 0.15) is 6.33 Å². The van der Waals surface area contributed by atoms with Gasteiger partial charge in [-0.15, -0.1) is 34.2 Å². The van der Waals surface area contributed by atoms with Crippen LogP contribution in [0.5, 0.6) is 0 Å². The molecule has 8 heteroatoms. The fraction of sp³-hybridized carbons (Fsp3) is 0.750. The maximum Gasteiger partial charge on any atom is 0.191 e. The number of hydrogen-bond donors (Lipinski definition) is 2. The van der Waals surface area contributed by atoms with E-state index in [1.807, 2.05) is 18.4 Å². The van der Waals surface area contributed by atoms with Gasteiger partial charge in [0, 0.05) is 27.2 Å². The van der Waals surface area contributed by atoms with E-state index in [9.17, 15) is 0 Å². The Bertz CT molecular complexity index is 418. The van der Waals surface area contributed by atoms with Crippen LogP contribution >= 0.6 is 24.0 Å². The van der Waals surface area contributed by atoms with E-state index in [0.29, 0.717) is 13.1 Å². The van der Waals surface area contributed by atoms with Gasteiger partial charge in [-0.05, 0) is 20.8 Å². The number of methoxy groups -OCH3 is 1. The molecule has 0 fully saturated rings. The Morgan fingerprint density at radius 2 is 2.15 bits per heavy atom. The lowest BCUT2D eigenvalue weighted by molar-refractivity contribution is 0.0268. The van der Waals surface area contributed by atoms with E-state index < -0.39 is 0 Å². The minimum absolute atomic E-state index is 0. The van der Waals surface area contributed by atoms with E-state index in [2.05, 4.69) is 32.7 Å². The van der Waals surface area contributed by atoms with Gasteiger partial charge in [0.2, 0.25) is 0 Å². The van der Waals surface area contributed by atoms with Crippen molar-refractivity contribution in [3.05, 3.63) is 12.2 Å². The Labute approximate surface area is 137 Å². The average molecular weight is 396 g/mol. The SMILES string of the molecule is CCn1cnnc1CNC(=NC)NCC(C)(C)OC.I. The van der Waals surface area contributed by atoms with Crippen LogP contribution in [0.1, 0.15) is 26.6 Å². The van der Waals surface area contributed by atoms with Crippen LogP contribution in [0, 0.1) is 0 Å². The fourth-order valence-electron chi connectivity index (χ4n) is 1.43. The van der Waals surface area contributed by atoms with E-state index in [1.165, 1.54) is 0 Å². The van der Waals surface area contributed by atoms with Crippen LogP contribution in [0.2, 0.25) is 0 Å². The topological polar surface area (TPSA) is 76.4 Å². The van der Waals surface area contributed by atoms with Gasteiger partial charge in [-0.3, -0.25) is 4.99 Å². The van der Waals surface area contributed by atoms with Crippen molar-refractivity contribution < 1.29 is 4.74 Å². The van der Waals surface area contributed by atoms with Gasteiger partial charge in [0.15, 0.2) is 11.8 Å². The normalized spacial score (nSPS) is 11.9. The van der Waals surface area contributed by atoms with Crippen LogP contribution in [0.25, 0.3) is 0 Å². The molecule has 1 rings (SSSR count). The molecule has 0 radical (unpaired) electrons. The van der Waals surface area contributed by atoms with Crippen molar-refractivity contribution in [2.75, 3.05) is 20.7 Å². The molecule has 0 aliphatic carbocycles. The molecule has 0 amide bonds. The minimum atomic E-state index is -0.235. The summed E-state index contributed by atoms with van der Waals surface area (Å²) in [6, 6.07) is 0. The molecule has 0 spiro atoms. The lowest BCUT2D eigenvalue weighted by Gasteiger charge is -2.24. The highest BCUT2D eigenvalue weighted by Crippen LogP contribution is 2.04. The van der Waals surface area contributed by atoms with Crippen LogP contribution in [-0.2, 0) is 17.8 Å². The molecule has 1 aromatic rings. The van der Waals surface area contributed by atoms with Crippen molar-refractivity contribution in [1.82, 2.24) is 25.4 Å². The van der Waals surface area contributed by atoms with Crippen LogP contribution in [-0.4, -0.2) is 47.0 Å². The molecule has 0 aromatic carbocycles. The second-order valence-electron chi connectivity index (χ2n) is 4.78. The van der Waals surface area contributed by atoms with E-state index in [0.717, 1.165) is 18.3 Å². The minimum Gasteiger partial charge on any atom is -0.377 e. The molecule has 0 atom stereocenters. The van der Waals surface area contributed by atoms with Crippen molar-refractivity contribution in [3.63, 3.8) is 0 Å². The van der Waals surface area contributed by atoms with Gasteiger partial charge in [0.05, 0.1) is 12.1 Å². The Kier molecular flexibility index (Phi) is 8.70. The summed E-state index contributed by atoms with van der Waals surface area (Å²) in [6.45, 7) is 8.19. The molecule has 0 aliphatic rings. The summed E-state index contributed by atoms with van der Waals surface area (Å²) in [4.78, 5) is 4.16. The molecule has 1 heterocycles. The van der Waals surface area contributed by atoms with Crippen molar-refractivity contribution >= 4 is 29.9 Å². The lowest BCUT2D eigenvalue weighted by Crippen LogP contribution is -2.45. The zero-order valence-electron chi connectivity index (χ0n) is 12.8. The Morgan fingerprint density at radius 1 is 1.45 bits per heavy atom. The van der Waals surface area contributed by atoms with E-state index >= 15 is 0 Å². The van der Waals surface area contributed by atoms with Gasteiger partial charge >= 0.3 is 0 Å². The van der Waals surface area contributed by atoms with Crippen LogP contribution < -0.4 is 10.6 Å². The molecular weight excluding hydrogens is 371 g/mol. The first kappa shape index (κ1) is 19.1. The molecule has 0 saturated carbocycles. The quantitative estimate of drug-likeness (QED) is 0.427. The highest BCUT2D eigenvalue weighted by Gasteiger charge is 2.16. The highest BCUT2D eigenvalue weighted by atomic mass is 127. The number of rotatable bonds is 6. The number of hydrogen-bond acceptors (Lipinski definition) is 4.